The van der Waals surface area contributed by atoms with Gasteiger partial charge in [-0.05, 0) is 69.0 Å². The van der Waals surface area contributed by atoms with Crippen LogP contribution in [0.5, 0.6) is 0 Å². The molecule has 3 nitrogen and oxygen atoms in total. The Bertz CT molecular complexity index is 1300. The van der Waals surface area contributed by atoms with Crippen LogP contribution in [0.3, 0.4) is 0 Å². The maximum absolute atomic E-state index is 14.6. The van der Waals surface area contributed by atoms with Gasteiger partial charge in [0.2, 0.25) is 0 Å². The molecule has 0 saturated carbocycles. The maximum Gasteiger partial charge on any atom is 0.416 e. The Kier molecular flexibility index (Phi) is 7.54. The van der Waals surface area contributed by atoms with Crippen molar-refractivity contribution in [2.45, 2.75) is 24.7 Å². The van der Waals surface area contributed by atoms with Crippen LogP contribution in [0.1, 0.15) is 27.9 Å². The standard InChI is InChI=1S/C26H19BrClF4N3/c27-24-18(7-4-10-33-24)15-35-25(14-17-5-2-1-3-6-17,23-9-8-21(28)16-34-23)19-11-20(26(30,31)32)13-22(29)12-19/h1-13,16,35H,14-15H2. The van der Waals surface area contributed by atoms with Gasteiger partial charge in [0.15, 0.2) is 0 Å². The van der Waals surface area contributed by atoms with Crippen molar-refractivity contribution in [1.82, 2.24) is 15.3 Å². The van der Waals surface area contributed by atoms with Crippen LogP contribution in [-0.2, 0) is 24.7 Å². The highest BCUT2D eigenvalue weighted by atomic mass is 79.9. The van der Waals surface area contributed by atoms with E-state index in [9.17, 15) is 17.6 Å². The van der Waals surface area contributed by atoms with Crippen molar-refractivity contribution < 1.29 is 17.6 Å². The van der Waals surface area contributed by atoms with Gasteiger partial charge in [-0.1, -0.05) is 48.0 Å². The van der Waals surface area contributed by atoms with E-state index in [1.165, 1.54) is 6.20 Å². The molecule has 1 N–H and O–H groups in total. The summed E-state index contributed by atoms with van der Waals surface area (Å²) in [5, 5.41) is 3.76. The predicted octanol–water partition coefficient (Wildman–Crippen LogP) is 7.33. The number of nitrogens with zero attached hydrogens (tertiary/aromatic N) is 2. The highest BCUT2D eigenvalue weighted by molar-refractivity contribution is 9.10. The summed E-state index contributed by atoms with van der Waals surface area (Å²) in [6.45, 7) is 0.212. The van der Waals surface area contributed by atoms with Crippen molar-refractivity contribution in [3.05, 3.63) is 129 Å². The molecule has 9 heteroatoms. The van der Waals surface area contributed by atoms with Crippen LogP contribution >= 0.6 is 27.5 Å². The smallest absolute Gasteiger partial charge is 0.298 e. The molecule has 4 rings (SSSR count). The van der Waals surface area contributed by atoms with E-state index in [-0.39, 0.29) is 18.5 Å². The molecule has 2 heterocycles. The molecule has 0 saturated heterocycles. The van der Waals surface area contributed by atoms with Gasteiger partial charge >= 0.3 is 6.18 Å². The van der Waals surface area contributed by atoms with Crippen LogP contribution in [0.15, 0.2) is 89.8 Å². The van der Waals surface area contributed by atoms with E-state index in [1.807, 2.05) is 36.4 Å². The molecule has 0 aliphatic heterocycles. The zero-order chi connectivity index (χ0) is 25.1. The summed E-state index contributed by atoms with van der Waals surface area (Å²) in [6.07, 6.45) is -1.49. The number of pyridine rings is 2. The van der Waals surface area contributed by atoms with Gasteiger partial charge in [0.25, 0.3) is 0 Å². The second kappa shape index (κ2) is 10.4. The Balaban J connectivity index is 1.94. The molecule has 0 bridgehead atoms. The summed E-state index contributed by atoms with van der Waals surface area (Å²) < 4.78 is 56.3. The van der Waals surface area contributed by atoms with Gasteiger partial charge in [0, 0.05) is 25.4 Å². The lowest BCUT2D eigenvalue weighted by atomic mass is 9.79. The first-order valence-electron chi connectivity index (χ1n) is 10.6. The molecule has 0 amide bonds. The lowest BCUT2D eigenvalue weighted by Crippen LogP contribution is -2.46. The lowest BCUT2D eigenvalue weighted by Gasteiger charge is -2.36. The first-order chi connectivity index (χ1) is 16.7. The van der Waals surface area contributed by atoms with Gasteiger partial charge in [-0.2, -0.15) is 13.2 Å². The topological polar surface area (TPSA) is 37.8 Å². The fourth-order valence-corrected chi connectivity index (χ4v) is 4.43. The van der Waals surface area contributed by atoms with E-state index in [0.717, 1.165) is 23.3 Å². The molecule has 0 aliphatic rings. The second-order valence-corrected chi connectivity index (χ2v) is 9.15. The Morgan fingerprint density at radius 1 is 0.886 bits per heavy atom. The van der Waals surface area contributed by atoms with Gasteiger partial charge in [-0.3, -0.25) is 10.3 Å². The number of alkyl halides is 3. The average Bonchev–Trinajstić information content (AvgIpc) is 2.83. The van der Waals surface area contributed by atoms with E-state index in [0.29, 0.717) is 21.4 Å². The van der Waals surface area contributed by atoms with Gasteiger partial charge in [-0.15, -0.1) is 0 Å². The van der Waals surface area contributed by atoms with Crippen molar-refractivity contribution >= 4 is 27.5 Å². The normalized spacial score (nSPS) is 13.4. The first-order valence-corrected chi connectivity index (χ1v) is 11.7. The number of hydrogen-bond donors (Lipinski definition) is 1. The van der Waals surface area contributed by atoms with E-state index >= 15 is 0 Å². The SMILES string of the molecule is Fc1cc(C(F)(F)F)cc(C(Cc2ccccc2)(NCc2cccnc2Br)c2ccc(Cl)cn2)c1. The minimum absolute atomic E-state index is 0.0866. The number of halogens is 6. The van der Waals surface area contributed by atoms with Crippen LogP contribution in [-0.4, -0.2) is 9.97 Å². The van der Waals surface area contributed by atoms with E-state index < -0.39 is 23.1 Å². The van der Waals surface area contributed by atoms with Crippen LogP contribution in [0.2, 0.25) is 5.02 Å². The third-order valence-corrected chi connectivity index (χ3v) is 6.55. The Morgan fingerprint density at radius 2 is 1.63 bits per heavy atom. The monoisotopic (exact) mass is 563 g/mol. The first kappa shape index (κ1) is 25.3. The van der Waals surface area contributed by atoms with Gasteiger partial charge < -0.3 is 0 Å². The zero-order valence-corrected chi connectivity index (χ0v) is 20.5. The molecule has 2 aromatic carbocycles. The number of aromatic nitrogens is 2. The molecule has 180 valence electrons. The summed E-state index contributed by atoms with van der Waals surface area (Å²) in [6, 6.07) is 18.6. The lowest BCUT2D eigenvalue weighted by molar-refractivity contribution is -0.137. The van der Waals surface area contributed by atoms with E-state index in [2.05, 4.69) is 31.2 Å². The van der Waals surface area contributed by atoms with Crippen LogP contribution < -0.4 is 5.32 Å². The Labute approximate surface area is 213 Å². The second-order valence-electron chi connectivity index (χ2n) is 7.96. The molecule has 1 atom stereocenters. The quantitative estimate of drug-likeness (QED) is 0.189. The summed E-state index contributed by atoms with van der Waals surface area (Å²) in [4.78, 5) is 8.67. The Hall–Kier alpha value is -2.81. The Morgan fingerprint density at radius 3 is 2.29 bits per heavy atom. The highest BCUT2D eigenvalue weighted by Crippen LogP contribution is 2.38. The van der Waals surface area contributed by atoms with E-state index in [4.69, 9.17) is 11.6 Å². The fraction of sp³-hybridized carbons (Fsp3) is 0.154. The average molecular weight is 565 g/mol. The van der Waals surface area contributed by atoms with Crippen LogP contribution in [0.25, 0.3) is 0 Å². The number of hydrogen-bond acceptors (Lipinski definition) is 3. The molecule has 35 heavy (non-hydrogen) atoms. The number of rotatable bonds is 7. The van der Waals surface area contributed by atoms with Crippen molar-refractivity contribution in [3.63, 3.8) is 0 Å². The van der Waals surface area contributed by atoms with Crippen LogP contribution in [0.4, 0.5) is 17.6 Å². The van der Waals surface area contributed by atoms with Gasteiger partial charge in [-0.25, -0.2) is 9.37 Å². The number of nitrogens with one attached hydrogen (secondary N) is 1. The van der Waals surface area contributed by atoms with Gasteiger partial charge in [0.05, 0.1) is 21.8 Å². The maximum atomic E-state index is 14.6. The van der Waals surface area contributed by atoms with Crippen molar-refractivity contribution in [2.75, 3.05) is 0 Å². The summed E-state index contributed by atoms with van der Waals surface area (Å²) in [7, 11) is 0. The number of benzene rings is 2. The third kappa shape index (κ3) is 5.89. The molecular weight excluding hydrogens is 546 g/mol. The molecule has 2 aromatic heterocycles. The summed E-state index contributed by atoms with van der Waals surface area (Å²) >= 11 is 9.48. The molecule has 0 aliphatic carbocycles. The highest BCUT2D eigenvalue weighted by Gasteiger charge is 2.39. The van der Waals surface area contributed by atoms with Gasteiger partial charge in [0.1, 0.15) is 10.4 Å². The van der Waals surface area contributed by atoms with Crippen molar-refractivity contribution in [3.8, 4) is 0 Å². The molecular formula is C26H19BrClF4N3. The van der Waals surface area contributed by atoms with Crippen LogP contribution in [0, 0.1) is 5.82 Å². The molecule has 0 spiro atoms. The van der Waals surface area contributed by atoms with E-state index in [1.54, 1.807) is 24.4 Å². The van der Waals surface area contributed by atoms with Crippen molar-refractivity contribution in [2.24, 2.45) is 0 Å². The fourth-order valence-electron chi connectivity index (χ4n) is 3.92. The molecule has 4 aromatic rings. The zero-order valence-electron chi connectivity index (χ0n) is 18.2. The minimum atomic E-state index is -4.73. The largest absolute Gasteiger partial charge is 0.416 e. The minimum Gasteiger partial charge on any atom is -0.298 e. The molecule has 0 radical (unpaired) electrons. The van der Waals surface area contributed by atoms with Crippen molar-refractivity contribution in [1.29, 1.82) is 0 Å². The molecule has 1 unspecified atom stereocenters. The summed E-state index contributed by atoms with van der Waals surface area (Å²) in [5.41, 5.74) is -0.342. The molecule has 0 fully saturated rings. The third-order valence-electron chi connectivity index (χ3n) is 5.61. The predicted molar refractivity (Wildman–Crippen MR) is 130 cm³/mol. The summed E-state index contributed by atoms with van der Waals surface area (Å²) in [5.74, 6) is -0.995.